The molecule has 1 fully saturated rings. The van der Waals surface area contributed by atoms with Crippen molar-refractivity contribution in [3.63, 3.8) is 0 Å². The van der Waals surface area contributed by atoms with Crippen molar-refractivity contribution in [3.8, 4) is 5.75 Å². The Kier molecular flexibility index (Phi) is 4.59. The number of ether oxygens (including phenoxy) is 1. The summed E-state index contributed by atoms with van der Waals surface area (Å²) in [6.07, 6.45) is 1.73. The number of nitrogens with zero attached hydrogens (tertiary/aromatic N) is 1. The van der Waals surface area contributed by atoms with Gasteiger partial charge in [0.25, 0.3) is 0 Å². The minimum absolute atomic E-state index is 0.0753. The van der Waals surface area contributed by atoms with Gasteiger partial charge in [-0.2, -0.15) is 4.31 Å². The molecule has 0 amide bonds. The van der Waals surface area contributed by atoms with Crippen LogP contribution in [0.5, 0.6) is 5.75 Å². The summed E-state index contributed by atoms with van der Waals surface area (Å²) in [5.74, 6) is 0.375. The topological polar surface area (TPSA) is 46.6 Å². The molecule has 1 atom stereocenters. The Morgan fingerprint density at radius 3 is 2.86 bits per heavy atom. The average molecular weight is 402 g/mol. The molecule has 0 radical (unpaired) electrons. The van der Waals surface area contributed by atoms with Crippen molar-refractivity contribution < 1.29 is 13.2 Å². The summed E-state index contributed by atoms with van der Waals surface area (Å²) in [4.78, 5) is 1.31. The lowest BCUT2D eigenvalue weighted by atomic mass is 10.2. The van der Waals surface area contributed by atoms with Crippen molar-refractivity contribution in [2.75, 3.05) is 13.7 Å². The summed E-state index contributed by atoms with van der Waals surface area (Å²) in [5, 5.41) is 1.98. The largest absolute Gasteiger partial charge is 0.495 e. The molecule has 22 heavy (non-hydrogen) atoms. The van der Waals surface area contributed by atoms with Gasteiger partial charge >= 0.3 is 0 Å². The van der Waals surface area contributed by atoms with Crippen LogP contribution in [0.1, 0.15) is 23.8 Å². The number of methoxy groups -OCH3 is 1. The lowest BCUT2D eigenvalue weighted by Gasteiger charge is -2.24. The molecule has 3 rings (SSSR count). The van der Waals surface area contributed by atoms with E-state index in [9.17, 15) is 8.42 Å². The van der Waals surface area contributed by atoms with Gasteiger partial charge in [-0.3, -0.25) is 0 Å². The number of rotatable bonds is 4. The Hall–Kier alpha value is -0.890. The first-order valence-corrected chi connectivity index (χ1v) is 10.0. The lowest BCUT2D eigenvalue weighted by Crippen LogP contribution is -2.30. The van der Waals surface area contributed by atoms with E-state index in [0.29, 0.717) is 12.3 Å². The molecule has 1 aromatic carbocycles. The second-order valence-electron chi connectivity index (χ2n) is 5.08. The Morgan fingerprint density at radius 1 is 1.36 bits per heavy atom. The van der Waals surface area contributed by atoms with Crippen LogP contribution in [0.4, 0.5) is 0 Å². The number of sulfonamides is 1. The van der Waals surface area contributed by atoms with E-state index in [1.165, 1.54) is 7.11 Å². The fourth-order valence-corrected chi connectivity index (χ4v) is 6.08. The van der Waals surface area contributed by atoms with Gasteiger partial charge < -0.3 is 4.74 Å². The van der Waals surface area contributed by atoms with Gasteiger partial charge in [0.2, 0.25) is 10.0 Å². The normalized spacial score (nSPS) is 19.5. The Labute approximate surface area is 142 Å². The highest BCUT2D eigenvalue weighted by Gasteiger charge is 2.38. The molecular weight excluding hydrogens is 386 g/mol. The predicted molar refractivity (Wildman–Crippen MR) is 90.9 cm³/mol. The summed E-state index contributed by atoms with van der Waals surface area (Å²) in [6, 6.07) is 8.95. The zero-order valence-electron chi connectivity index (χ0n) is 12.0. The highest BCUT2D eigenvalue weighted by molar-refractivity contribution is 9.10. The lowest BCUT2D eigenvalue weighted by molar-refractivity contribution is 0.383. The fourth-order valence-electron chi connectivity index (χ4n) is 2.77. The van der Waals surface area contributed by atoms with Crippen molar-refractivity contribution in [2.45, 2.75) is 23.8 Å². The summed E-state index contributed by atoms with van der Waals surface area (Å²) in [7, 11) is -2.11. The van der Waals surface area contributed by atoms with Crippen LogP contribution in [0.25, 0.3) is 0 Å². The quantitative estimate of drug-likeness (QED) is 0.776. The molecule has 7 heteroatoms. The molecule has 0 spiro atoms. The van der Waals surface area contributed by atoms with E-state index in [1.807, 2.05) is 17.5 Å². The van der Waals surface area contributed by atoms with E-state index in [0.717, 1.165) is 22.2 Å². The third kappa shape index (κ3) is 2.82. The van der Waals surface area contributed by atoms with Crippen LogP contribution in [0, 0.1) is 0 Å². The van der Waals surface area contributed by atoms with Gasteiger partial charge in [-0.1, -0.05) is 22.0 Å². The number of halogens is 1. The predicted octanol–water partition coefficient (Wildman–Crippen LogP) is 4.05. The second kappa shape index (κ2) is 6.31. The molecule has 0 aliphatic carbocycles. The molecule has 1 aromatic heterocycles. The maximum atomic E-state index is 13.1. The van der Waals surface area contributed by atoms with Crippen LogP contribution in [-0.2, 0) is 10.0 Å². The molecule has 1 aliphatic rings. The van der Waals surface area contributed by atoms with Crippen LogP contribution in [0.2, 0.25) is 0 Å². The van der Waals surface area contributed by atoms with Gasteiger partial charge in [-0.25, -0.2) is 8.42 Å². The van der Waals surface area contributed by atoms with Gasteiger partial charge in [-0.05, 0) is 42.5 Å². The van der Waals surface area contributed by atoms with Crippen LogP contribution in [0.3, 0.4) is 0 Å². The van der Waals surface area contributed by atoms with Crippen molar-refractivity contribution in [3.05, 3.63) is 45.1 Å². The molecule has 0 bridgehead atoms. The van der Waals surface area contributed by atoms with E-state index in [4.69, 9.17) is 4.74 Å². The minimum Gasteiger partial charge on any atom is -0.495 e. The van der Waals surface area contributed by atoms with Gasteiger partial charge in [0.1, 0.15) is 10.6 Å². The van der Waals surface area contributed by atoms with Crippen molar-refractivity contribution in [2.24, 2.45) is 0 Å². The highest BCUT2D eigenvalue weighted by Crippen LogP contribution is 2.40. The average Bonchev–Trinajstić information content (AvgIpc) is 3.18. The first kappa shape index (κ1) is 16.0. The number of hydrogen-bond acceptors (Lipinski definition) is 4. The number of benzene rings is 1. The molecule has 1 unspecified atom stereocenters. The number of hydrogen-bond donors (Lipinski definition) is 0. The minimum atomic E-state index is -3.59. The molecule has 4 nitrogen and oxygen atoms in total. The highest BCUT2D eigenvalue weighted by atomic mass is 79.9. The van der Waals surface area contributed by atoms with Crippen molar-refractivity contribution in [1.29, 1.82) is 0 Å². The van der Waals surface area contributed by atoms with Crippen LogP contribution in [-0.4, -0.2) is 26.4 Å². The Morgan fingerprint density at radius 2 is 2.18 bits per heavy atom. The Bertz CT molecular complexity index is 759. The first-order valence-electron chi connectivity index (χ1n) is 6.93. The van der Waals surface area contributed by atoms with E-state index in [1.54, 1.807) is 33.8 Å². The van der Waals surface area contributed by atoms with E-state index < -0.39 is 10.0 Å². The molecule has 118 valence electrons. The van der Waals surface area contributed by atoms with Crippen LogP contribution in [0.15, 0.2) is 45.1 Å². The van der Waals surface area contributed by atoms with E-state index >= 15 is 0 Å². The second-order valence-corrected chi connectivity index (χ2v) is 8.84. The van der Waals surface area contributed by atoms with Crippen LogP contribution < -0.4 is 4.74 Å². The summed E-state index contributed by atoms with van der Waals surface area (Å²) in [6.45, 7) is 0.542. The van der Waals surface area contributed by atoms with Gasteiger partial charge in [-0.15, -0.1) is 11.3 Å². The molecule has 2 heterocycles. The van der Waals surface area contributed by atoms with Crippen molar-refractivity contribution in [1.82, 2.24) is 4.31 Å². The molecule has 1 aliphatic heterocycles. The van der Waals surface area contributed by atoms with Gasteiger partial charge in [0, 0.05) is 15.9 Å². The SMILES string of the molecule is COc1ccc(Br)cc1S(=O)(=O)N1CCCC1c1cccs1. The maximum Gasteiger partial charge on any atom is 0.247 e. The van der Waals surface area contributed by atoms with Crippen LogP contribution >= 0.6 is 27.3 Å². The third-order valence-corrected chi connectivity index (χ3v) is 7.18. The van der Waals surface area contributed by atoms with E-state index in [-0.39, 0.29) is 10.9 Å². The zero-order chi connectivity index (χ0) is 15.7. The molecule has 0 saturated carbocycles. The molecule has 2 aromatic rings. The summed E-state index contributed by atoms with van der Waals surface area (Å²) in [5.41, 5.74) is 0. The third-order valence-electron chi connectivity index (χ3n) is 3.79. The monoisotopic (exact) mass is 401 g/mol. The molecule has 1 saturated heterocycles. The summed E-state index contributed by atoms with van der Waals surface area (Å²) >= 11 is 4.95. The standard InChI is InChI=1S/C15H16BrNO3S2/c1-20-13-7-6-11(16)10-15(13)22(18,19)17-8-2-4-12(17)14-5-3-9-21-14/h3,5-7,9-10,12H,2,4,8H2,1H3. The van der Waals surface area contributed by atoms with E-state index in [2.05, 4.69) is 15.9 Å². The zero-order valence-corrected chi connectivity index (χ0v) is 15.2. The summed E-state index contributed by atoms with van der Waals surface area (Å²) < 4.78 is 33.8. The Balaban J connectivity index is 2.04. The molecule has 0 N–H and O–H groups in total. The maximum absolute atomic E-state index is 13.1. The van der Waals surface area contributed by atoms with Gasteiger partial charge in [0.15, 0.2) is 0 Å². The van der Waals surface area contributed by atoms with Gasteiger partial charge in [0.05, 0.1) is 13.2 Å². The molecular formula is C15H16BrNO3S2. The number of thiophene rings is 1. The van der Waals surface area contributed by atoms with Crippen molar-refractivity contribution >= 4 is 37.3 Å². The first-order chi connectivity index (χ1) is 10.5. The fraction of sp³-hybridized carbons (Fsp3) is 0.333. The smallest absolute Gasteiger partial charge is 0.247 e.